The first kappa shape index (κ1) is 8.48. The molecule has 1 fully saturated rings. The second-order valence-corrected chi connectivity index (χ2v) is 5.28. The maximum atomic E-state index is 4.36. The molecule has 1 aromatic rings. The van der Waals surface area contributed by atoms with E-state index in [4.69, 9.17) is 0 Å². The highest BCUT2D eigenvalue weighted by atomic mass is 32.2. The fourth-order valence-electron chi connectivity index (χ4n) is 1.76. The number of rotatable bonds is 2. The van der Waals surface area contributed by atoms with Crippen molar-refractivity contribution < 1.29 is 0 Å². The molecule has 0 bridgehead atoms. The summed E-state index contributed by atoms with van der Waals surface area (Å²) >= 11 is 1.83. The van der Waals surface area contributed by atoms with E-state index in [1.54, 1.807) is 0 Å². The minimum atomic E-state index is 0.284. The van der Waals surface area contributed by atoms with Crippen molar-refractivity contribution in [3.05, 3.63) is 30.3 Å². The Kier molecular flexibility index (Phi) is 1.87. The molecule has 3 rings (SSSR count). The van der Waals surface area contributed by atoms with Gasteiger partial charge in [0.15, 0.2) is 0 Å². The van der Waals surface area contributed by atoms with E-state index >= 15 is 0 Å². The number of benzene rings is 1. The molecule has 1 saturated carbocycles. The van der Waals surface area contributed by atoms with Crippen LogP contribution in [0.15, 0.2) is 45.5 Å². The van der Waals surface area contributed by atoms with Gasteiger partial charge in [-0.2, -0.15) is 10.2 Å². The molecule has 1 unspecified atom stereocenters. The van der Waals surface area contributed by atoms with Gasteiger partial charge in [0.1, 0.15) is 5.37 Å². The predicted molar refractivity (Wildman–Crippen MR) is 57.5 cm³/mol. The predicted octanol–water partition coefficient (Wildman–Crippen LogP) is 3.49. The molecule has 0 amide bonds. The highest BCUT2D eigenvalue weighted by Gasteiger charge is 2.48. The molecular formula is C11H12N2S. The molecule has 0 radical (unpaired) electrons. The third-order valence-corrected chi connectivity index (χ3v) is 3.87. The van der Waals surface area contributed by atoms with Gasteiger partial charge in [0.25, 0.3) is 0 Å². The Morgan fingerprint density at radius 1 is 1.21 bits per heavy atom. The minimum Gasteiger partial charge on any atom is -0.186 e. The van der Waals surface area contributed by atoms with Crippen LogP contribution in [0.1, 0.15) is 19.3 Å². The fourth-order valence-corrected chi connectivity index (χ4v) is 2.88. The molecule has 3 heteroatoms. The Morgan fingerprint density at radius 2 is 2.00 bits per heavy atom. The van der Waals surface area contributed by atoms with Crippen LogP contribution in [0.4, 0.5) is 0 Å². The third-order valence-electron chi connectivity index (χ3n) is 2.80. The van der Waals surface area contributed by atoms with Crippen molar-refractivity contribution in [2.45, 2.75) is 35.1 Å². The summed E-state index contributed by atoms with van der Waals surface area (Å²) in [4.78, 5) is 1.30. The van der Waals surface area contributed by atoms with Gasteiger partial charge in [-0.3, -0.25) is 0 Å². The molecule has 2 aliphatic rings. The van der Waals surface area contributed by atoms with Gasteiger partial charge in [-0.15, -0.1) is 0 Å². The average molecular weight is 204 g/mol. The number of thioether (sulfide) groups is 1. The van der Waals surface area contributed by atoms with Crippen molar-refractivity contribution in [3.8, 4) is 0 Å². The lowest BCUT2D eigenvalue weighted by Gasteiger charge is -2.05. The van der Waals surface area contributed by atoms with Gasteiger partial charge in [0.05, 0.1) is 5.54 Å². The zero-order valence-electron chi connectivity index (χ0n) is 7.89. The molecule has 1 spiro atoms. The van der Waals surface area contributed by atoms with Crippen LogP contribution in [0.5, 0.6) is 0 Å². The standard InChI is InChI=1S/C11H12N2S/c1-2-4-9(5-3-1)14-10-8-11(6-7-11)13-12-10/h1-5,10H,6-8H2. The second kappa shape index (κ2) is 3.09. The Morgan fingerprint density at radius 3 is 2.64 bits per heavy atom. The highest BCUT2D eigenvalue weighted by Crippen LogP contribution is 2.50. The third kappa shape index (κ3) is 1.57. The lowest BCUT2D eigenvalue weighted by molar-refractivity contribution is 0.680. The van der Waals surface area contributed by atoms with Crippen LogP contribution in [0.3, 0.4) is 0 Å². The molecule has 1 aliphatic heterocycles. The summed E-state index contributed by atoms with van der Waals surface area (Å²) in [5, 5.41) is 9.06. The molecule has 1 aliphatic carbocycles. The zero-order chi connectivity index (χ0) is 9.43. The second-order valence-electron chi connectivity index (χ2n) is 4.03. The van der Waals surface area contributed by atoms with E-state index in [0.29, 0.717) is 5.37 Å². The SMILES string of the molecule is c1ccc(SC2CC3(CC3)N=N2)cc1. The van der Waals surface area contributed by atoms with Gasteiger partial charge in [-0.25, -0.2) is 0 Å². The number of azo groups is 1. The Hall–Kier alpha value is -0.830. The molecule has 72 valence electrons. The van der Waals surface area contributed by atoms with Gasteiger partial charge in [-0.05, 0) is 25.0 Å². The summed E-state index contributed by atoms with van der Waals surface area (Å²) < 4.78 is 0. The first-order chi connectivity index (χ1) is 6.86. The van der Waals surface area contributed by atoms with E-state index in [0.717, 1.165) is 6.42 Å². The van der Waals surface area contributed by atoms with Crippen LogP contribution in [0.25, 0.3) is 0 Å². The quantitative estimate of drug-likeness (QED) is 0.723. The topological polar surface area (TPSA) is 24.7 Å². The van der Waals surface area contributed by atoms with E-state index in [-0.39, 0.29) is 5.54 Å². The lowest BCUT2D eigenvalue weighted by atomic mass is 10.2. The van der Waals surface area contributed by atoms with Crippen LogP contribution in [0.2, 0.25) is 0 Å². The van der Waals surface area contributed by atoms with E-state index in [1.807, 2.05) is 17.8 Å². The summed E-state index contributed by atoms with van der Waals surface area (Å²) in [5.41, 5.74) is 0.284. The summed E-state index contributed by atoms with van der Waals surface area (Å²) in [5.74, 6) is 0. The Labute approximate surface area is 87.8 Å². The molecule has 0 saturated heterocycles. The van der Waals surface area contributed by atoms with Crippen LogP contribution in [0, 0.1) is 0 Å². The van der Waals surface area contributed by atoms with Crippen molar-refractivity contribution in [3.63, 3.8) is 0 Å². The van der Waals surface area contributed by atoms with Gasteiger partial charge >= 0.3 is 0 Å². The summed E-state index contributed by atoms with van der Waals surface area (Å²) in [6.07, 6.45) is 3.65. The molecule has 0 aromatic heterocycles. The van der Waals surface area contributed by atoms with Crippen LogP contribution >= 0.6 is 11.8 Å². The summed E-state index contributed by atoms with van der Waals surface area (Å²) in [6, 6.07) is 10.5. The molecule has 1 aromatic carbocycles. The van der Waals surface area contributed by atoms with Gasteiger partial charge < -0.3 is 0 Å². The van der Waals surface area contributed by atoms with Crippen LogP contribution in [-0.2, 0) is 0 Å². The minimum absolute atomic E-state index is 0.284. The largest absolute Gasteiger partial charge is 0.186 e. The first-order valence-corrected chi connectivity index (χ1v) is 5.88. The highest BCUT2D eigenvalue weighted by molar-refractivity contribution is 8.00. The normalized spacial score (nSPS) is 27.0. The van der Waals surface area contributed by atoms with Crippen molar-refractivity contribution in [2.75, 3.05) is 0 Å². The van der Waals surface area contributed by atoms with Crippen molar-refractivity contribution in [1.82, 2.24) is 0 Å². The van der Waals surface area contributed by atoms with Crippen LogP contribution in [-0.4, -0.2) is 10.9 Å². The molecule has 14 heavy (non-hydrogen) atoms. The molecular weight excluding hydrogens is 192 g/mol. The van der Waals surface area contributed by atoms with Gasteiger partial charge in [0, 0.05) is 11.3 Å². The fraction of sp³-hybridized carbons (Fsp3) is 0.455. The van der Waals surface area contributed by atoms with Crippen LogP contribution < -0.4 is 0 Å². The Bertz CT molecular complexity index is 357. The van der Waals surface area contributed by atoms with E-state index in [2.05, 4.69) is 34.5 Å². The smallest absolute Gasteiger partial charge is 0.123 e. The van der Waals surface area contributed by atoms with Gasteiger partial charge in [-0.1, -0.05) is 30.0 Å². The van der Waals surface area contributed by atoms with E-state index in [9.17, 15) is 0 Å². The number of hydrogen-bond acceptors (Lipinski definition) is 3. The Balaban J connectivity index is 1.67. The summed E-state index contributed by atoms with van der Waals surface area (Å²) in [6.45, 7) is 0. The zero-order valence-corrected chi connectivity index (χ0v) is 8.70. The van der Waals surface area contributed by atoms with E-state index < -0.39 is 0 Å². The van der Waals surface area contributed by atoms with Gasteiger partial charge in [0.2, 0.25) is 0 Å². The van der Waals surface area contributed by atoms with Crippen molar-refractivity contribution in [2.24, 2.45) is 10.2 Å². The van der Waals surface area contributed by atoms with Crippen molar-refractivity contribution >= 4 is 11.8 Å². The monoisotopic (exact) mass is 204 g/mol. The maximum absolute atomic E-state index is 4.36. The molecule has 1 heterocycles. The molecule has 0 N–H and O–H groups in total. The van der Waals surface area contributed by atoms with E-state index in [1.165, 1.54) is 17.7 Å². The van der Waals surface area contributed by atoms with Crippen molar-refractivity contribution in [1.29, 1.82) is 0 Å². The molecule has 2 nitrogen and oxygen atoms in total. The maximum Gasteiger partial charge on any atom is 0.123 e. The first-order valence-electron chi connectivity index (χ1n) is 5.00. The summed E-state index contributed by atoms with van der Waals surface area (Å²) in [7, 11) is 0. The number of hydrogen-bond donors (Lipinski definition) is 0. The lowest BCUT2D eigenvalue weighted by Crippen LogP contribution is -2.03. The number of nitrogens with zero attached hydrogens (tertiary/aromatic N) is 2. The average Bonchev–Trinajstić information content (AvgIpc) is 2.84. The molecule has 1 atom stereocenters.